The van der Waals surface area contributed by atoms with Crippen LogP contribution >= 0.6 is 11.3 Å². The van der Waals surface area contributed by atoms with E-state index in [2.05, 4.69) is 4.85 Å². The van der Waals surface area contributed by atoms with Crippen molar-refractivity contribution in [2.45, 2.75) is 6.92 Å². The molecule has 24 heavy (non-hydrogen) atoms. The van der Waals surface area contributed by atoms with E-state index in [-0.39, 0.29) is 4.88 Å². The van der Waals surface area contributed by atoms with Crippen molar-refractivity contribution < 1.29 is 14.3 Å². The van der Waals surface area contributed by atoms with E-state index in [0.717, 1.165) is 28.0 Å². The highest BCUT2D eigenvalue weighted by atomic mass is 32.1. The summed E-state index contributed by atoms with van der Waals surface area (Å²) in [6.45, 7) is 9.41. The molecule has 0 unspecified atom stereocenters. The van der Waals surface area contributed by atoms with Gasteiger partial charge < -0.3 is 5.11 Å². The second-order valence-corrected chi connectivity index (χ2v) is 6.36. The van der Waals surface area contributed by atoms with Gasteiger partial charge in [0.15, 0.2) is 5.69 Å². The van der Waals surface area contributed by atoms with Crippen LogP contribution in [0.5, 0.6) is 0 Å². The van der Waals surface area contributed by atoms with Crippen LogP contribution in [-0.4, -0.2) is 11.1 Å². The molecule has 1 N–H and O–H groups in total. The van der Waals surface area contributed by atoms with Crippen molar-refractivity contribution in [2.24, 2.45) is 0 Å². The van der Waals surface area contributed by atoms with Crippen LogP contribution in [0, 0.1) is 19.3 Å². The molecule has 0 saturated carbocycles. The summed E-state index contributed by atoms with van der Waals surface area (Å²) in [7, 11) is 0. The third-order valence-electron chi connectivity index (χ3n) is 3.61. The van der Waals surface area contributed by atoms with Gasteiger partial charge in [0.1, 0.15) is 10.7 Å². The molecule has 3 nitrogen and oxygen atoms in total. The molecule has 118 valence electrons. The Kier molecular flexibility index (Phi) is 4.15. The number of halogens is 1. The second-order valence-electron chi connectivity index (χ2n) is 5.31. The molecule has 0 aliphatic rings. The molecule has 0 aliphatic carbocycles. The van der Waals surface area contributed by atoms with Gasteiger partial charge in [-0.2, -0.15) is 0 Å². The first-order chi connectivity index (χ1) is 11.5. The molecule has 0 bridgehead atoms. The average Bonchev–Trinajstić information content (AvgIpc) is 2.96. The number of nitrogens with zero attached hydrogens (tertiary/aromatic N) is 1. The maximum atomic E-state index is 13.7. The molecular formula is C19H12FNO2S. The number of hydrogen-bond acceptors (Lipinski definition) is 2. The van der Waals surface area contributed by atoms with Gasteiger partial charge in [-0.1, -0.05) is 42.0 Å². The summed E-state index contributed by atoms with van der Waals surface area (Å²) in [5.74, 6) is -2.04. The Morgan fingerprint density at radius 3 is 2.58 bits per heavy atom. The van der Waals surface area contributed by atoms with Gasteiger partial charge in [0.25, 0.3) is 0 Å². The summed E-state index contributed by atoms with van der Waals surface area (Å²) in [6, 6.07) is 14.3. The summed E-state index contributed by atoms with van der Waals surface area (Å²) in [5, 5.41) is 8.97. The van der Waals surface area contributed by atoms with Crippen LogP contribution < -0.4 is 0 Å². The number of carboxylic acids is 1. The summed E-state index contributed by atoms with van der Waals surface area (Å²) in [5.41, 5.74) is 3.92. The van der Waals surface area contributed by atoms with Crippen LogP contribution in [-0.2, 0) is 0 Å². The fourth-order valence-corrected chi connectivity index (χ4v) is 3.36. The zero-order valence-electron chi connectivity index (χ0n) is 12.7. The number of carbonyl (C=O) groups is 1. The van der Waals surface area contributed by atoms with E-state index >= 15 is 0 Å². The van der Waals surface area contributed by atoms with Crippen molar-refractivity contribution in [3.63, 3.8) is 0 Å². The highest BCUT2D eigenvalue weighted by Gasteiger charge is 2.17. The van der Waals surface area contributed by atoms with Gasteiger partial charge in [-0.05, 0) is 35.7 Å². The normalized spacial score (nSPS) is 10.4. The minimum absolute atomic E-state index is 0.322. The number of hydrogen-bond donors (Lipinski definition) is 1. The van der Waals surface area contributed by atoms with Crippen molar-refractivity contribution in [3.05, 3.63) is 76.2 Å². The lowest BCUT2D eigenvalue weighted by Crippen LogP contribution is -1.93. The Hall–Kier alpha value is -2.97. The van der Waals surface area contributed by atoms with Gasteiger partial charge >= 0.3 is 5.97 Å². The highest BCUT2D eigenvalue weighted by molar-refractivity contribution is 7.17. The van der Waals surface area contributed by atoms with E-state index in [1.54, 1.807) is 12.1 Å². The standard InChI is InChI=1S/C19H12FNO2S/c1-11-4-3-5-12(8-11)14-7-6-13(9-16(14)21-2)17-10-15(20)18(24-17)19(22)23/h3-10H,1H3,(H,22,23). The fraction of sp³-hybridized carbons (Fsp3) is 0.0526. The number of aromatic carboxylic acids is 1. The van der Waals surface area contributed by atoms with E-state index < -0.39 is 11.8 Å². The topological polar surface area (TPSA) is 41.7 Å². The molecule has 1 heterocycles. The van der Waals surface area contributed by atoms with Crippen LogP contribution in [0.3, 0.4) is 0 Å². The number of carboxylic acid groups (broad SMARTS) is 1. The zero-order chi connectivity index (χ0) is 17.3. The van der Waals surface area contributed by atoms with E-state index in [9.17, 15) is 9.18 Å². The number of benzene rings is 2. The average molecular weight is 337 g/mol. The summed E-state index contributed by atoms with van der Waals surface area (Å²) < 4.78 is 13.7. The zero-order valence-corrected chi connectivity index (χ0v) is 13.5. The number of rotatable bonds is 3. The lowest BCUT2D eigenvalue weighted by Gasteiger charge is -2.07. The predicted octanol–water partition coefficient (Wildman–Crippen LogP) is 5.78. The molecule has 3 rings (SSSR count). The molecule has 0 saturated heterocycles. The van der Waals surface area contributed by atoms with Crippen LogP contribution in [0.2, 0.25) is 0 Å². The molecule has 2 aromatic carbocycles. The van der Waals surface area contributed by atoms with Crippen LogP contribution in [0.1, 0.15) is 15.2 Å². The van der Waals surface area contributed by atoms with E-state index in [0.29, 0.717) is 16.1 Å². The Bertz CT molecular complexity index is 985. The molecular weight excluding hydrogens is 325 g/mol. The van der Waals surface area contributed by atoms with Crippen molar-refractivity contribution in [1.82, 2.24) is 0 Å². The lowest BCUT2D eigenvalue weighted by molar-refractivity contribution is 0.0697. The van der Waals surface area contributed by atoms with Crippen LogP contribution in [0.4, 0.5) is 10.1 Å². The predicted molar refractivity (Wildman–Crippen MR) is 93.1 cm³/mol. The van der Waals surface area contributed by atoms with Crippen molar-refractivity contribution in [3.8, 4) is 21.6 Å². The Morgan fingerprint density at radius 2 is 1.96 bits per heavy atom. The molecule has 0 aliphatic heterocycles. The maximum absolute atomic E-state index is 13.7. The van der Waals surface area contributed by atoms with Crippen molar-refractivity contribution >= 4 is 23.0 Å². The third kappa shape index (κ3) is 2.92. The smallest absolute Gasteiger partial charge is 0.348 e. The highest BCUT2D eigenvalue weighted by Crippen LogP contribution is 2.37. The van der Waals surface area contributed by atoms with Gasteiger partial charge in [0.05, 0.1) is 6.57 Å². The van der Waals surface area contributed by atoms with E-state index in [1.165, 1.54) is 6.07 Å². The minimum atomic E-state index is -1.29. The molecule has 0 spiro atoms. The molecule has 0 radical (unpaired) electrons. The van der Waals surface area contributed by atoms with Gasteiger partial charge in [-0.15, -0.1) is 11.3 Å². The molecule has 1 aromatic heterocycles. The maximum Gasteiger partial charge on any atom is 0.348 e. The monoisotopic (exact) mass is 337 g/mol. The van der Waals surface area contributed by atoms with Crippen molar-refractivity contribution in [1.29, 1.82) is 0 Å². The van der Waals surface area contributed by atoms with E-state index in [1.807, 2.05) is 37.3 Å². The van der Waals surface area contributed by atoms with Gasteiger partial charge in [0.2, 0.25) is 0 Å². The first-order valence-corrected chi connectivity index (χ1v) is 7.93. The Morgan fingerprint density at radius 1 is 1.17 bits per heavy atom. The van der Waals surface area contributed by atoms with Gasteiger partial charge in [-0.25, -0.2) is 14.0 Å². The third-order valence-corrected chi connectivity index (χ3v) is 4.76. The summed E-state index contributed by atoms with van der Waals surface area (Å²) in [6.07, 6.45) is 0. The molecule has 3 aromatic rings. The minimum Gasteiger partial charge on any atom is -0.477 e. The largest absolute Gasteiger partial charge is 0.477 e. The summed E-state index contributed by atoms with van der Waals surface area (Å²) >= 11 is 0.867. The molecule has 5 heteroatoms. The Labute approximate surface area is 142 Å². The van der Waals surface area contributed by atoms with Gasteiger partial charge in [0, 0.05) is 4.88 Å². The van der Waals surface area contributed by atoms with Crippen molar-refractivity contribution in [2.75, 3.05) is 0 Å². The molecule has 0 amide bonds. The molecule has 0 fully saturated rings. The van der Waals surface area contributed by atoms with Gasteiger partial charge in [-0.3, -0.25) is 0 Å². The number of thiophene rings is 1. The molecule has 0 atom stereocenters. The number of aryl methyl sites for hydroxylation is 1. The van der Waals surface area contributed by atoms with E-state index in [4.69, 9.17) is 11.7 Å². The quantitative estimate of drug-likeness (QED) is 0.616. The lowest BCUT2D eigenvalue weighted by atomic mass is 10.00. The fourth-order valence-electron chi connectivity index (χ4n) is 2.49. The SMILES string of the molecule is [C-]#[N+]c1cc(-c2cc(F)c(C(=O)O)s2)ccc1-c1cccc(C)c1. The first kappa shape index (κ1) is 15.9. The van der Waals surface area contributed by atoms with Crippen LogP contribution in [0.25, 0.3) is 26.4 Å². The Balaban J connectivity index is 2.09. The second kappa shape index (κ2) is 6.26. The summed E-state index contributed by atoms with van der Waals surface area (Å²) in [4.78, 5) is 14.7. The first-order valence-electron chi connectivity index (χ1n) is 7.11. The van der Waals surface area contributed by atoms with Crippen LogP contribution in [0.15, 0.2) is 48.5 Å².